The maximum absolute atomic E-state index is 11.2. The van der Waals surface area contributed by atoms with Gasteiger partial charge in [-0.15, -0.1) is 0 Å². The van der Waals surface area contributed by atoms with Gasteiger partial charge in [0.05, 0.1) is 13.5 Å². The lowest BCUT2D eigenvalue weighted by Gasteiger charge is -2.18. The van der Waals surface area contributed by atoms with E-state index in [4.69, 9.17) is 11.6 Å². The molecule has 1 N–H and O–H groups in total. The molecule has 1 heterocycles. The van der Waals surface area contributed by atoms with Crippen molar-refractivity contribution in [2.75, 3.05) is 13.7 Å². The molecule has 0 bridgehead atoms. The van der Waals surface area contributed by atoms with Crippen LogP contribution in [0.15, 0.2) is 12.1 Å². The number of esters is 1. The third-order valence-electron chi connectivity index (χ3n) is 2.82. The highest BCUT2D eigenvalue weighted by Crippen LogP contribution is 2.24. The third kappa shape index (κ3) is 2.36. The Labute approximate surface area is 99.7 Å². The molecule has 0 radical (unpaired) electrons. The van der Waals surface area contributed by atoms with Crippen LogP contribution in [0.1, 0.15) is 16.7 Å². The number of halogens is 1. The second kappa shape index (κ2) is 4.85. The van der Waals surface area contributed by atoms with Gasteiger partial charge in [-0.2, -0.15) is 0 Å². The zero-order valence-corrected chi connectivity index (χ0v) is 9.93. The minimum atomic E-state index is -0.254. The van der Waals surface area contributed by atoms with Gasteiger partial charge in [0, 0.05) is 11.6 Å². The Hall–Kier alpha value is -1.06. The van der Waals surface area contributed by atoms with Crippen molar-refractivity contribution in [3.05, 3.63) is 33.8 Å². The first kappa shape index (κ1) is 11.4. The van der Waals surface area contributed by atoms with Crippen LogP contribution < -0.4 is 5.32 Å². The van der Waals surface area contributed by atoms with Crippen LogP contribution in [0.4, 0.5) is 0 Å². The molecule has 2 rings (SSSR count). The van der Waals surface area contributed by atoms with Gasteiger partial charge < -0.3 is 10.1 Å². The quantitative estimate of drug-likeness (QED) is 0.799. The molecular formula is C12H14ClNO2. The van der Waals surface area contributed by atoms with Crippen molar-refractivity contribution in [3.63, 3.8) is 0 Å². The van der Waals surface area contributed by atoms with E-state index < -0.39 is 0 Å². The number of carbonyl (C=O) groups excluding carboxylic acids is 1. The summed E-state index contributed by atoms with van der Waals surface area (Å²) in [7, 11) is 1.39. The second-order valence-electron chi connectivity index (χ2n) is 3.89. The molecule has 16 heavy (non-hydrogen) atoms. The number of carbonyl (C=O) groups is 1. The Bertz CT molecular complexity index is 418. The predicted octanol–water partition coefficient (Wildman–Crippen LogP) is 1.70. The number of methoxy groups -OCH3 is 1. The number of fused-ring (bicyclic) bond motifs is 1. The fourth-order valence-corrected chi connectivity index (χ4v) is 2.17. The molecule has 1 aliphatic rings. The highest BCUT2D eigenvalue weighted by Gasteiger charge is 2.14. The molecule has 86 valence electrons. The van der Waals surface area contributed by atoms with Crippen LogP contribution >= 0.6 is 11.6 Å². The molecule has 3 nitrogen and oxygen atoms in total. The minimum absolute atomic E-state index is 0.246. The highest BCUT2D eigenvalue weighted by molar-refractivity contribution is 6.31. The predicted molar refractivity (Wildman–Crippen MR) is 62.6 cm³/mol. The van der Waals surface area contributed by atoms with E-state index in [1.165, 1.54) is 18.2 Å². The van der Waals surface area contributed by atoms with E-state index in [-0.39, 0.29) is 12.4 Å². The molecule has 0 amide bonds. The summed E-state index contributed by atoms with van der Waals surface area (Å²) >= 11 is 6.13. The van der Waals surface area contributed by atoms with Crippen LogP contribution in [0.25, 0.3) is 0 Å². The van der Waals surface area contributed by atoms with Gasteiger partial charge in [0.15, 0.2) is 0 Å². The number of nitrogens with one attached hydrogen (secondary N) is 1. The van der Waals surface area contributed by atoms with E-state index in [1.807, 2.05) is 12.1 Å². The van der Waals surface area contributed by atoms with E-state index in [9.17, 15) is 4.79 Å². The molecule has 0 spiro atoms. The highest BCUT2D eigenvalue weighted by atomic mass is 35.5. The molecule has 0 aromatic heterocycles. The van der Waals surface area contributed by atoms with Crippen LogP contribution in [0.3, 0.4) is 0 Å². The van der Waals surface area contributed by atoms with Crippen molar-refractivity contribution in [2.45, 2.75) is 19.4 Å². The monoisotopic (exact) mass is 239 g/mol. The summed E-state index contributed by atoms with van der Waals surface area (Å²) in [5.74, 6) is -0.254. The maximum atomic E-state index is 11.2. The van der Waals surface area contributed by atoms with Crippen molar-refractivity contribution in [1.82, 2.24) is 5.32 Å². The number of ether oxygens (including phenoxy) is 1. The van der Waals surface area contributed by atoms with Crippen molar-refractivity contribution in [2.24, 2.45) is 0 Å². The Morgan fingerprint density at radius 3 is 3.06 bits per heavy atom. The summed E-state index contributed by atoms with van der Waals surface area (Å²) < 4.78 is 4.64. The first-order valence-corrected chi connectivity index (χ1v) is 5.66. The molecule has 4 heteroatoms. The topological polar surface area (TPSA) is 38.3 Å². The Morgan fingerprint density at radius 2 is 2.31 bits per heavy atom. The zero-order chi connectivity index (χ0) is 11.5. The lowest BCUT2D eigenvalue weighted by molar-refractivity contribution is -0.139. The molecule has 1 aromatic carbocycles. The number of benzene rings is 1. The first-order chi connectivity index (χ1) is 7.70. The smallest absolute Gasteiger partial charge is 0.310 e. The van der Waals surface area contributed by atoms with Crippen molar-refractivity contribution < 1.29 is 9.53 Å². The van der Waals surface area contributed by atoms with Gasteiger partial charge in [0.1, 0.15) is 0 Å². The summed E-state index contributed by atoms with van der Waals surface area (Å²) in [5, 5.41) is 3.94. The van der Waals surface area contributed by atoms with Gasteiger partial charge in [-0.3, -0.25) is 4.79 Å². The fraction of sp³-hybridized carbons (Fsp3) is 0.417. The fourth-order valence-electron chi connectivity index (χ4n) is 1.92. The largest absolute Gasteiger partial charge is 0.469 e. The van der Waals surface area contributed by atoms with Gasteiger partial charge in [0.2, 0.25) is 0 Å². The first-order valence-electron chi connectivity index (χ1n) is 5.28. The normalized spacial score (nSPS) is 14.4. The Balaban J connectivity index is 2.28. The van der Waals surface area contributed by atoms with Gasteiger partial charge >= 0.3 is 5.97 Å². The average molecular weight is 240 g/mol. The lowest BCUT2D eigenvalue weighted by atomic mass is 9.97. The molecule has 0 saturated carbocycles. The van der Waals surface area contributed by atoms with Crippen LogP contribution in [-0.4, -0.2) is 19.6 Å². The SMILES string of the molecule is COC(=O)Cc1cc2c(cc1Cl)CNCC2. The zero-order valence-electron chi connectivity index (χ0n) is 9.18. The second-order valence-corrected chi connectivity index (χ2v) is 4.30. The maximum Gasteiger partial charge on any atom is 0.310 e. The molecule has 1 aromatic rings. The average Bonchev–Trinajstić information content (AvgIpc) is 2.30. The van der Waals surface area contributed by atoms with E-state index in [0.29, 0.717) is 5.02 Å². The third-order valence-corrected chi connectivity index (χ3v) is 3.17. The summed E-state index contributed by atoms with van der Waals surface area (Å²) in [6.07, 6.45) is 1.23. The number of hydrogen-bond donors (Lipinski definition) is 1. The van der Waals surface area contributed by atoms with Gasteiger partial charge in [0.25, 0.3) is 0 Å². The number of hydrogen-bond acceptors (Lipinski definition) is 3. The van der Waals surface area contributed by atoms with Crippen molar-refractivity contribution in [1.29, 1.82) is 0 Å². The van der Waals surface area contributed by atoms with E-state index in [2.05, 4.69) is 10.1 Å². The van der Waals surface area contributed by atoms with Crippen LogP contribution in [0, 0.1) is 0 Å². The molecule has 0 fully saturated rings. The summed E-state index contributed by atoms with van der Waals surface area (Å²) in [5.41, 5.74) is 3.36. The Kier molecular flexibility index (Phi) is 3.46. The molecular weight excluding hydrogens is 226 g/mol. The molecule has 0 unspecified atom stereocenters. The van der Waals surface area contributed by atoms with Gasteiger partial charge in [-0.05, 0) is 35.7 Å². The standard InChI is InChI=1S/C12H14ClNO2/c1-16-12(15)6-9-4-8-2-3-14-7-10(8)5-11(9)13/h4-5,14H,2-3,6-7H2,1H3. The van der Waals surface area contributed by atoms with Crippen molar-refractivity contribution in [3.8, 4) is 0 Å². The molecule has 0 aliphatic carbocycles. The lowest BCUT2D eigenvalue weighted by Crippen LogP contribution is -2.23. The Morgan fingerprint density at radius 1 is 1.50 bits per heavy atom. The van der Waals surface area contributed by atoms with Crippen LogP contribution in [-0.2, 0) is 28.9 Å². The molecule has 0 saturated heterocycles. The summed E-state index contributed by atoms with van der Waals surface area (Å²) in [6.45, 7) is 1.83. The van der Waals surface area contributed by atoms with E-state index in [1.54, 1.807) is 0 Å². The van der Waals surface area contributed by atoms with E-state index in [0.717, 1.165) is 25.1 Å². The molecule has 0 atom stereocenters. The minimum Gasteiger partial charge on any atom is -0.469 e. The summed E-state index contributed by atoms with van der Waals surface area (Å²) in [4.78, 5) is 11.2. The number of rotatable bonds is 2. The van der Waals surface area contributed by atoms with Gasteiger partial charge in [-0.25, -0.2) is 0 Å². The van der Waals surface area contributed by atoms with Crippen LogP contribution in [0.2, 0.25) is 5.02 Å². The van der Waals surface area contributed by atoms with Crippen molar-refractivity contribution >= 4 is 17.6 Å². The van der Waals surface area contributed by atoms with Crippen LogP contribution in [0.5, 0.6) is 0 Å². The summed E-state index contributed by atoms with van der Waals surface area (Å²) in [6, 6.07) is 3.97. The van der Waals surface area contributed by atoms with Gasteiger partial charge in [-0.1, -0.05) is 17.7 Å². The molecule has 1 aliphatic heterocycles. The van der Waals surface area contributed by atoms with E-state index >= 15 is 0 Å².